The van der Waals surface area contributed by atoms with Gasteiger partial charge in [-0.25, -0.2) is 0 Å². The quantitative estimate of drug-likeness (QED) is 0.172. The van der Waals surface area contributed by atoms with Gasteiger partial charge >= 0.3 is 0 Å². The third kappa shape index (κ3) is 5.07. The molecule has 2 aliphatic rings. The maximum absolute atomic E-state index is 2.48. The highest BCUT2D eigenvalue weighted by Gasteiger charge is 2.50. The van der Waals surface area contributed by atoms with Crippen molar-refractivity contribution in [1.82, 2.24) is 4.57 Å². The first-order valence-electron chi connectivity index (χ1n) is 21.9. The maximum atomic E-state index is 2.48. The lowest BCUT2D eigenvalue weighted by molar-refractivity contribution is 0.773. The van der Waals surface area contributed by atoms with E-state index in [1.807, 2.05) is 0 Å². The molecule has 2 heteroatoms. The first-order valence-corrected chi connectivity index (χ1v) is 21.9. The summed E-state index contributed by atoms with van der Waals surface area (Å²) in [5, 5.41) is 2.47. The van der Waals surface area contributed by atoms with E-state index in [-0.39, 0.29) is 0 Å². The molecule has 0 radical (unpaired) electrons. The highest BCUT2D eigenvalue weighted by molar-refractivity contribution is 6.11. The molecule has 0 bridgehead atoms. The molecule has 0 aliphatic heterocycles. The number of hydrogen-bond acceptors (Lipinski definition) is 1. The Hall–Kier alpha value is -8.20. The lowest BCUT2D eigenvalue weighted by Crippen LogP contribution is -2.30. The van der Waals surface area contributed by atoms with E-state index < -0.39 is 5.41 Å². The van der Waals surface area contributed by atoms with Crippen molar-refractivity contribution in [1.29, 1.82) is 0 Å². The Bertz CT molecular complexity index is 3490. The van der Waals surface area contributed by atoms with Crippen LogP contribution in [0.4, 0.5) is 17.1 Å². The summed E-state index contributed by atoms with van der Waals surface area (Å²) in [6.45, 7) is 0. The number of para-hydroxylation sites is 3. The number of aromatic nitrogens is 1. The Kier molecular flexibility index (Phi) is 7.85. The fourth-order valence-corrected chi connectivity index (χ4v) is 11.2. The summed E-state index contributed by atoms with van der Waals surface area (Å²) in [5.41, 5.74) is 21.2. The summed E-state index contributed by atoms with van der Waals surface area (Å²) in [6, 6.07) is 90.0. The smallest absolute Gasteiger partial charge is 0.0726 e. The monoisotopic (exact) mass is 800 g/mol. The Morgan fingerprint density at radius 1 is 0.302 bits per heavy atom. The van der Waals surface area contributed by atoms with Crippen LogP contribution in [0.3, 0.4) is 0 Å². The molecular weight excluding hydrogens is 761 g/mol. The first kappa shape index (κ1) is 35.5. The van der Waals surface area contributed by atoms with Crippen molar-refractivity contribution in [3.63, 3.8) is 0 Å². The number of anilines is 3. The van der Waals surface area contributed by atoms with Crippen molar-refractivity contribution in [2.24, 2.45) is 0 Å². The molecule has 13 rings (SSSR count). The van der Waals surface area contributed by atoms with Crippen LogP contribution in [0.1, 0.15) is 22.3 Å². The molecule has 0 saturated carbocycles. The van der Waals surface area contributed by atoms with Crippen molar-refractivity contribution < 1.29 is 0 Å². The molecule has 1 aromatic heterocycles. The molecular formula is C61H40N2. The largest absolute Gasteiger partial charge is 0.310 e. The SMILES string of the molecule is c1ccc(N(c2ccc3c4ccccc4n(-c4ccccc4)c3c2)c2cccc3c2-c2ccccc2C32c3ccccc3-c3ccccc3-c3ccccc3-c3ccccc32)cc1. The minimum absolute atomic E-state index is 0.661. The van der Waals surface area contributed by atoms with E-state index in [4.69, 9.17) is 0 Å². The van der Waals surface area contributed by atoms with Crippen LogP contribution in [0.15, 0.2) is 243 Å². The van der Waals surface area contributed by atoms with E-state index in [2.05, 4.69) is 252 Å². The maximum Gasteiger partial charge on any atom is 0.0726 e. The van der Waals surface area contributed by atoms with Gasteiger partial charge in [-0.05, 0) is 110 Å². The third-order valence-electron chi connectivity index (χ3n) is 13.6. The topological polar surface area (TPSA) is 8.17 Å². The summed E-state index contributed by atoms with van der Waals surface area (Å²) >= 11 is 0. The molecule has 0 unspecified atom stereocenters. The second kappa shape index (κ2) is 13.9. The Morgan fingerprint density at radius 2 is 0.762 bits per heavy atom. The van der Waals surface area contributed by atoms with E-state index in [1.54, 1.807) is 0 Å². The van der Waals surface area contributed by atoms with Gasteiger partial charge in [0.15, 0.2) is 0 Å². The molecule has 0 amide bonds. The van der Waals surface area contributed by atoms with Gasteiger partial charge in [0, 0.05) is 33.4 Å². The van der Waals surface area contributed by atoms with Crippen molar-refractivity contribution in [3.05, 3.63) is 265 Å². The second-order valence-electron chi connectivity index (χ2n) is 16.7. The number of nitrogens with zero attached hydrogens (tertiary/aromatic N) is 2. The van der Waals surface area contributed by atoms with Crippen LogP contribution in [0.2, 0.25) is 0 Å². The third-order valence-corrected chi connectivity index (χ3v) is 13.6. The highest BCUT2D eigenvalue weighted by atomic mass is 15.1. The molecule has 294 valence electrons. The molecule has 2 nitrogen and oxygen atoms in total. The number of rotatable bonds is 4. The van der Waals surface area contributed by atoms with Crippen LogP contribution < -0.4 is 4.90 Å². The number of hydrogen-bond donors (Lipinski definition) is 0. The summed E-state index contributed by atoms with van der Waals surface area (Å²) in [6.07, 6.45) is 0. The van der Waals surface area contributed by atoms with Crippen LogP contribution in [-0.2, 0) is 5.41 Å². The van der Waals surface area contributed by atoms with Crippen LogP contribution >= 0.6 is 0 Å². The molecule has 0 saturated heterocycles. The molecule has 11 aromatic rings. The van der Waals surface area contributed by atoms with Gasteiger partial charge < -0.3 is 9.47 Å². The Morgan fingerprint density at radius 3 is 1.40 bits per heavy atom. The predicted molar refractivity (Wildman–Crippen MR) is 263 cm³/mol. The molecule has 0 fully saturated rings. The zero-order valence-electron chi connectivity index (χ0n) is 34.5. The minimum atomic E-state index is -0.661. The average Bonchev–Trinajstić information content (AvgIpc) is 3.86. The van der Waals surface area contributed by atoms with Crippen molar-refractivity contribution >= 4 is 38.9 Å². The van der Waals surface area contributed by atoms with Crippen molar-refractivity contribution in [2.45, 2.75) is 5.41 Å². The number of fused-ring (bicyclic) bond motifs is 17. The van der Waals surface area contributed by atoms with Gasteiger partial charge in [-0.2, -0.15) is 0 Å². The summed E-state index contributed by atoms with van der Waals surface area (Å²) in [4.78, 5) is 2.48. The van der Waals surface area contributed by atoms with Gasteiger partial charge in [0.2, 0.25) is 0 Å². The van der Waals surface area contributed by atoms with E-state index in [0.717, 1.165) is 22.7 Å². The van der Waals surface area contributed by atoms with Gasteiger partial charge in [-0.3, -0.25) is 0 Å². The van der Waals surface area contributed by atoms with Crippen molar-refractivity contribution in [2.75, 3.05) is 4.90 Å². The Labute approximate surface area is 367 Å². The molecule has 0 atom stereocenters. The second-order valence-corrected chi connectivity index (χ2v) is 16.7. The van der Waals surface area contributed by atoms with Crippen LogP contribution in [-0.4, -0.2) is 4.57 Å². The van der Waals surface area contributed by atoms with E-state index in [9.17, 15) is 0 Å². The van der Waals surface area contributed by atoms with Gasteiger partial charge in [-0.15, -0.1) is 0 Å². The molecule has 1 spiro atoms. The van der Waals surface area contributed by atoms with Crippen molar-refractivity contribution in [3.8, 4) is 50.2 Å². The fourth-order valence-electron chi connectivity index (χ4n) is 11.2. The van der Waals surface area contributed by atoms with Crippen LogP contribution in [0, 0.1) is 0 Å². The highest BCUT2D eigenvalue weighted by Crippen LogP contribution is 2.63. The van der Waals surface area contributed by atoms with E-state index in [1.165, 1.54) is 88.6 Å². The Balaban J connectivity index is 1.15. The molecule has 63 heavy (non-hydrogen) atoms. The van der Waals surface area contributed by atoms with Crippen LogP contribution in [0.25, 0.3) is 72.0 Å². The van der Waals surface area contributed by atoms with Crippen LogP contribution in [0.5, 0.6) is 0 Å². The number of benzene rings is 10. The average molecular weight is 801 g/mol. The summed E-state index contributed by atoms with van der Waals surface area (Å²) in [5.74, 6) is 0. The summed E-state index contributed by atoms with van der Waals surface area (Å²) < 4.78 is 2.41. The van der Waals surface area contributed by atoms with E-state index in [0.29, 0.717) is 0 Å². The summed E-state index contributed by atoms with van der Waals surface area (Å²) in [7, 11) is 0. The van der Waals surface area contributed by atoms with Gasteiger partial charge in [0.1, 0.15) is 0 Å². The molecule has 10 aromatic carbocycles. The fraction of sp³-hybridized carbons (Fsp3) is 0.0164. The predicted octanol–water partition coefficient (Wildman–Crippen LogP) is 15.9. The van der Waals surface area contributed by atoms with Gasteiger partial charge in [-0.1, -0.05) is 194 Å². The zero-order chi connectivity index (χ0) is 41.5. The van der Waals surface area contributed by atoms with Gasteiger partial charge in [0.25, 0.3) is 0 Å². The molecule has 2 aliphatic carbocycles. The molecule has 1 heterocycles. The van der Waals surface area contributed by atoms with E-state index >= 15 is 0 Å². The first-order chi connectivity index (χ1) is 31.3. The normalized spacial score (nSPS) is 12.9. The molecule has 0 N–H and O–H groups in total. The zero-order valence-corrected chi connectivity index (χ0v) is 34.5. The lowest BCUT2D eigenvalue weighted by Gasteiger charge is -2.37. The minimum Gasteiger partial charge on any atom is -0.310 e. The lowest BCUT2D eigenvalue weighted by atomic mass is 9.64. The standard InChI is InChI=1S/C61H40N2/c1-3-20-41(21-4-1)62(43-38-39-51-50-30-14-18-36-57(50)63(59(51)40-43)42-22-5-2-6-23-42)58-37-19-35-56-60(58)52-31-13-17-34-55(52)61(56)53-32-15-11-28-48(53)46-26-9-7-24-44(46)45-25-8-10-27-47(45)49-29-12-16-33-54(49)61/h1-40H. The van der Waals surface area contributed by atoms with Gasteiger partial charge in [0.05, 0.1) is 22.1 Å².